The number of nitrogens with zero attached hydrogens (tertiary/aromatic N) is 3. The minimum absolute atomic E-state index is 0.117. The van der Waals surface area contributed by atoms with Crippen LogP contribution in [0.1, 0.15) is 10.5 Å². The normalized spacial score (nSPS) is 10.3. The molecule has 1 amide bonds. The third-order valence-electron chi connectivity index (χ3n) is 2.16. The molecule has 0 fully saturated rings. The van der Waals surface area contributed by atoms with E-state index in [9.17, 15) is 4.79 Å². The fourth-order valence-corrected chi connectivity index (χ4v) is 1.54. The molecule has 0 aliphatic rings. The molecule has 0 atom stereocenters. The van der Waals surface area contributed by atoms with Gasteiger partial charge in [0.1, 0.15) is 0 Å². The molecule has 1 aromatic carbocycles. The zero-order valence-corrected chi connectivity index (χ0v) is 10.1. The van der Waals surface area contributed by atoms with Gasteiger partial charge in [-0.05, 0) is 18.2 Å². The molecule has 2 rings (SSSR count). The van der Waals surface area contributed by atoms with E-state index in [1.54, 1.807) is 24.3 Å². The summed E-state index contributed by atoms with van der Waals surface area (Å²) in [6, 6.07) is 6.98. The maximum Gasteiger partial charge on any atom is 0.273 e. The van der Waals surface area contributed by atoms with Crippen LogP contribution < -0.4 is 5.32 Å². The van der Waals surface area contributed by atoms with Gasteiger partial charge < -0.3 is 10.4 Å². The molecule has 0 aliphatic heterocycles. The summed E-state index contributed by atoms with van der Waals surface area (Å²) in [7, 11) is 0. The van der Waals surface area contributed by atoms with Crippen LogP contribution in [0.15, 0.2) is 30.5 Å². The van der Waals surface area contributed by atoms with Crippen molar-refractivity contribution in [2.75, 3.05) is 13.2 Å². The van der Waals surface area contributed by atoms with E-state index in [2.05, 4.69) is 15.5 Å². The van der Waals surface area contributed by atoms with Crippen molar-refractivity contribution in [2.45, 2.75) is 0 Å². The molecule has 0 bridgehead atoms. The van der Waals surface area contributed by atoms with Gasteiger partial charge in [0.05, 0.1) is 18.5 Å². The van der Waals surface area contributed by atoms with Crippen molar-refractivity contribution < 1.29 is 9.90 Å². The molecule has 1 heterocycles. The Labute approximate surface area is 108 Å². The Kier molecular flexibility index (Phi) is 3.91. The SMILES string of the molecule is O=C(NCCO)c1cnn(-c2cccc(Cl)c2)n1. The zero-order chi connectivity index (χ0) is 13.0. The average molecular weight is 267 g/mol. The van der Waals surface area contributed by atoms with Crippen LogP contribution in [0.3, 0.4) is 0 Å². The van der Waals surface area contributed by atoms with Crippen molar-refractivity contribution in [1.29, 1.82) is 0 Å². The minimum atomic E-state index is -0.377. The van der Waals surface area contributed by atoms with E-state index in [4.69, 9.17) is 16.7 Å². The summed E-state index contributed by atoms with van der Waals surface area (Å²) in [4.78, 5) is 12.9. The number of nitrogens with one attached hydrogen (secondary N) is 1. The van der Waals surface area contributed by atoms with E-state index in [-0.39, 0.29) is 24.8 Å². The summed E-state index contributed by atoms with van der Waals surface area (Å²) in [5, 5.41) is 19.7. The molecule has 0 radical (unpaired) electrons. The van der Waals surface area contributed by atoms with Crippen LogP contribution in [-0.4, -0.2) is 39.2 Å². The third kappa shape index (κ3) is 2.85. The molecule has 94 valence electrons. The number of carbonyl (C=O) groups excluding carboxylic acids is 1. The van der Waals surface area contributed by atoms with Gasteiger partial charge >= 0.3 is 0 Å². The van der Waals surface area contributed by atoms with Crippen molar-refractivity contribution >= 4 is 17.5 Å². The molecule has 0 aliphatic carbocycles. The van der Waals surface area contributed by atoms with Gasteiger partial charge in [-0.25, -0.2) is 0 Å². The van der Waals surface area contributed by atoms with Gasteiger partial charge in [-0.3, -0.25) is 4.79 Å². The molecular weight excluding hydrogens is 256 g/mol. The van der Waals surface area contributed by atoms with E-state index in [0.717, 1.165) is 0 Å². The lowest BCUT2D eigenvalue weighted by atomic mass is 10.3. The molecule has 2 N–H and O–H groups in total. The Bertz CT molecular complexity index is 555. The maximum absolute atomic E-state index is 11.6. The summed E-state index contributed by atoms with van der Waals surface area (Å²) in [5.41, 5.74) is 0.854. The second kappa shape index (κ2) is 5.61. The Balaban J connectivity index is 2.17. The molecule has 0 saturated heterocycles. The highest BCUT2D eigenvalue weighted by Crippen LogP contribution is 2.13. The van der Waals surface area contributed by atoms with E-state index in [1.807, 2.05) is 0 Å². The van der Waals surface area contributed by atoms with Crippen LogP contribution in [0.2, 0.25) is 5.02 Å². The molecule has 1 aromatic heterocycles. The lowest BCUT2D eigenvalue weighted by Crippen LogP contribution is -2.26. The smallest absolute Gasteiger partial charge is 0.273 e. The van der Waals surface area contributed by atoms with Crippen molar-refractivity contribution in [2.24, 2.45) is 0 Å². The lowest BCUT2D eigenvalue weighted by Gasteiger charge is -2.00. The van der Waals surface area contributed by atoms with Crippen LogP contribution in [0.25, 0.3) is 5.69 Å². The van der Waals surface area contributed by atoms with Crippen LogP contribution in [-0.2, 0) is 0 Å². The topological polar surface area (TPSA) is 80.0 Å². The molecule has 7 heteroatoms. The number of hydrogen-bond donors (Lipinski definition) is 2. The highest BCUT2D eigenvalue weighted by atomic mass is 35.5. The number of halogens is 1. The fraction of sp³-hybridized carbons (Fsp3) is 0.182. The van der Waals surface area contributed by atoms with E-state index in [0.29, 0.717) is 10.7 Å². The first kappa shape index (κ1) is 12.5. The Morgan fingerprint density at radius 1 is 1.50 bits per heavy atom. The van der Waals surface area contributed by atoms with Gasteiger partial charge in [0.2, 0.25) is 0 Å². The largest absolute Gasteiger partial charge is 0.395 e. The number of amides is 1. The quantitative estimate of drug-likeness (QED) is 0.851. The Hall–Kier alpha value is -1.92. The predicted molar refractivity (Wildman–Crippen MR) is 65.8 cm³/mol. The highest BCUT2D eigenvalue weighted by molar-refractivity contribution is 6.30. The molecule has 0 spiro atoms. The second-order valence-electron chi connectivity index (χ2n) is 3.48. The van der Waals surface area contributed by atoms with Crippen molar-refractivity contribution in [3.63, 3.8) is 0 Å². The van der Waals surface area contributed by atoms with Gasteiger partial charge in [0.15, 0.2) is 5.69 Å². The number of aromatic nitrogens is 3. The number of carbonyl (C=O) groups is 1. The summed E-state index contributed by atoms with van der Waals surface area (Å²) in [6.07, 6.45) is 1.35. The monoisotopic (exact) mass is 266 g/mol. The van der Waals surface area contributed by atoms with Crippen LogP contribution in [0.4, 0.5) is 0 Å². The van der Waals surface area contributed by atoms with Gasteiger partial charge in [-0.1, -0.05) is 17.7 Å². The van der Waals surface area contributed by atoms with Gasteiger partial charge in [0.25, 0.3) is 5.91 Å². The van der Waals surface area contributed by atoms with E-state index < -0.39 is 0 Å². The van der Waals surface area contributed by atoms with Gasteiger partial charge in [-0.15, -0.1) is 5.10 Å². The maximum atomic E-state index is 11.6. The number of benzene rings is 1. The second-order valence-corrected chi connectivity index (χ2v) is 3.92. The summed E-state index contributed by atoms with van der Waals surface area (Å²) in [6.45, 7) is 0.0665. The van der Waals surface area contributed by atoms with Crippen LogP contribution in [0, 0.1) is 0 Å². The Morgan fingerprint density at radius 3 is 3.06 bits per heavy atom. The minimum Gasteiger partial charge on any atom is -0.395 e. The first-order valence-electron chi connectivity index (χ1n) is 5.28. The highest BCUT2D eigenvalue weighted by Gasteiger charge is 2.10. The van der Waals surface area contributed by atoms with Crippen LogP contribution in [0.5, 0.6) is 0 Å². The van der Waals surface area contributed by atoms with Crippen molar-refractivity contribution in [3.05, 3.63) is 41.2 Å². The van der Waals surface area contributed by atoms with Crippen molar-refractivity contribution in [3.8, 4) is 5.69 Å². The van der Waals surface area contributed by atoms with Crippen molar-refractivity contribution in [1.82, 2.24) is 20.3 Å². The van der Waals surface area contributed by atoms with Gasteiger partial charge in [0, 0.05) is 11.6 Å². The molecule has 0 unspecified atom stereocenters. The molecule has 18 heavy (non-hydrogen) atoms. The van der Waals surface area contributed by atoms with E-state index in [1.165, 1.54) is 11.0 Å². The average Bonchev–Trinajstić information content (AvgIpc) is 2.85. The summed E-state index contributed by atoms with van der Waals surface area (Å²) >= 11 is 5.86. The first-order chi connectivity index (χ1) is 8.70. The predicted octanol–water partition coefficient (Wildman–Crippen LogP) is 0.643. The Morgan fingerprint density at radius 2 is 2.33 bits per heavy atom. The zero-order valence-electron chi connectivity index (χ0n) is 9.38. The van der Waals surface area contributed by atoms with Gasteiger partial charge in [-0.2, -0.15) is 9.90 Å². The molecular formula is C11H11ClN4O2. The third-order valence-corrected chi connectivity index (χ3v) is 2.40. The first-order valence-corrected chi connectivity index (χ1v) is 5.66. The van der Waals surface area contributed by atoms with E-state index >= 15 is 0 Å². The fourth-order valence-electron chi connectivity index (χ4n) is 1.35. The lowest BCUT2D eigenvalue weighted by molar-refractivity contribution is 0.0939. The van der Waals surface area contributed by atoms with Crippen LogP contribution >= 0.6 is 11.6 Å². The molecule has 0 saturated carbocycles. The standard InChI is InChI=1S/C11H11ClN4O2/c12-8-2-1-3-9(6-8)16-14-7-10(15-16)11(18)13-4-5-17/h1-3,6-7,17H,4-5H2,(H,13,18). The number of aliphatic hydroxyl groups excluding tert-OH is 1. The number of aliphatic hydroxyl groups is 1. The summed E-state index contributed by atoms with van der Waals surface area (Å²) in [5.74, 6) is -0.377. The summed E-state index contributed by atoms with van der Waals surface area (Å²) < 4.78 is 0. The number of hydrogen-bond acceptors (Lipinski definition) is 4. The molecule has 6 nitrogen and oxygen atoms in total. The number of rotatable bonds is 4. The molecule has 2 aromatic rings.